The Morgan fingerprint density at radius 2 is 2.24 bits per heavy atom. The van der Waals surface area contributed by atoms with Gasteiger partial charge in [0.25, 0.3) is 0 Å². The van der Waals surface area contributed by atoms with Gasteiger partial charge in [-0.05, 0) is 12.1 Å². The number of anilines is 2. The molecule has 2 aromatic rings. The summed E-state index contributed by atoms with van der Waals surface area (Å²) < 4.78 is 13.7. The van der Waals surface area contributed by atoms with Gasteiger partial charge in [0, 0.05) is 19.2 Å². The summed E-state index contributed by atoms with van der Waals surface area (Å²) in [4.78, 5) is 25.4. The first-order valence-electron chi connectivity index (χ1n) is 6.49. The highest BCUT2D eigenvalue weighted by atomic mass is 19.1. The normalized spacial score (nSPS) is 18.0. The molecule has 1 aromatic carbocycles. The van der Waals surface area contributed by atoms with Crippen molar-refractivity contribution in [3.8, 4) is 0 Å². The van der Waals surface area contributed by atoms with Crippen molar-refractivity contribution in [2.75, 3.05) is 16.8 Å². The first-order valence-corrected chi connectivity index (χ1v) is 6.49. The average molecular weight is 288 g/mol. The minimum absolute atomic E-state index is 0.0675. The molecule has 1 aromatic heterocycles. The fourth-order valence-corrected chi connectivity index (χ4v) is 2.35. The summed E-state index contributed by atoms with van der Waals surface area (Å²) in [5.41, 5.74) is 0.748. The molecule has 0 bridgehead atoms. The molecule has 2 heterocycles. The van der Waals surface area contributed by atoms with Crippen molar-refractivity contribution in [3.05, 3.63) is 42.5 Å². The topological polar surface area (TPSA) is 78.1 Å². The number of nitrogens with zero attached hydrogens (tertiary/aromatic N) is 2. The van der Waals surface area contributed by atoms with E-state index in [1.165, 1.54) is 23.2 Å². The molecular formula is C14H13FN4O2. The number of aromatic nitrogens is 2. The van der Waals surface area contributed by atoms with E-state index in [-0.39, 0.29) is 30.5 Å². The third kappa shape index (κ3) is 2.62. The van der Waals surface area contributed by atoms with E-state index in [1.54, 1.807) is 18.3 Å². The highest BCUT2D eigenvalue weighted by Gasteiger charge is 2.36. The van der Waals surface area contributed by atoms with Crippen LogP contribution in [0, 0.1) is 11.7 Å². The maximum Gasteiger partial charge on any atom is 0.229 e. The quantitative estimate of drug-likeness (QED) is 0.899. The van der Waals surface area contributed by atoms with E-state index in [2.05, 4.69) is 15.5 Å². The monoisotopic (exact) mass is 288 g/mol. The number of carbonyl (C=O) groups is 2. The van der Waals surface area contributed by atoms with Gasteiger partial charge in [-0.1, -0.05) is 12.1 Å². The lowest BCUT2D eigenvalue weighted by atomic mass is 10.1. The van der Waals surface area contributed by atoms with Crippen LogP contribution in [0.4, 0.5) is 15.8 Å². The van der Waals surface area contributed by atoms with Crippen LogP contribution >= 0.6 is 0 Å². The number of benzene rings is 1. The molecule has 108 valence electrons. The second-order valence-electron chi connectivity index (χ2n) is 4.83. The van der Waals surface area contributed by atoms with E-state index in [0.29, 0.717) is 5.69 Å². The lowest BCUT2D eigenvalue weighted by Gasteiger charge is -2.17. The zero-order valence-corrected chi connectivity index (χ0v) is 11.0. The minimum Gasteiger partial charge on any atom is -0.323 e. The first-order chi connectivity index (χ1) is 10.1. The molecule has 1 aliphatic rings. The molecule has 1 saturated heterocycles. The van der Waals surface area contributed by atoms with Crippen molar-refractivity contribution in [1.29, 1.82) is 0 Å². The van der Waals surface area contributed by atoms with Gasteiger partial charge in [-0.25, -0.2) is 4.39 Å². The van der Waals surface area contributed by atoms with Crippen molar-refractivity contribution in [1.82, 2.24) is 10.2 Å². The largest absolute Gasteiger partial charge is 0.323 e. The Kier molecular flexibility index (Phi) is 3.39. The summed E-state index contributed by atoms with van der Waals surface area (Å²) in [5, 5.41) is 8.97. The smallest absolute Gasteiger partial charge is 0.229 e. The van der Waals surface area contributed by atoms with Gasteiger partial charge in [0.15, 0.2) is 0 Å². The van der Waals surface area contributed by atoms with Crippen molar-refractivity contribution in [2.45, 2.75) is 6.42 Å². The van der Waals surface area contributed by atoms with Crippen LogP contribution in [-0.2, 0) is 9.59 Å². The van der Waals surface area contributed by atoms with E-state index < -0.39 is 11.7 Å². The predicted molar refractivity (Wildman–Crippen MR) is 74.1 cm³/mol. The van der Waals surface area contributed by atoms with Crippen LogP contribution in [-0.4, -0.2) is 28.6 Å². The van der Waals surface area contributed by atoms with E-state index in [1.807, 2.05) is 0 Å². The van der Waals surface area contributed by atoms with Gasteiger partial charge in [-0.3, -0.25) is 14.7 Å². The zero-order chi connectivity index (χ0) is 14.8. The Balaban J connectivity index is 1.73. The number of halogens is 1. The molecule has 6 nitrogen and oxygen atoms in total. The molecule has 21 heavy (non-hydrogen) atoms. The number of carbonyl (C=O) groups excluding carboxylic acids is 2. The van der Waals surface area contributed by atoms with Gasteiger partial charge in [-0.15, -0.1) is 0 Å². The lowest BCUT2D eigenvalue weighted by molar-refractivity contribution is -0.122. The van der Waals surface area contributed by atoms with E-state index >= 15 is 0 Å². The number of H-pyrrole nitrogens is 1. The Bertz CT molecular complexity index is 671. The molecule has 2 amide bonds. The van der Waals surface area contributed by atoms with Crippen LogP contribution in [0.2, 0.25) is 0 Å². The zero-order valence-electron chi connectivity index (χ0n) is 11.0. The molecule has 0 aliphatic carbocycles. The third-order valence-corrected chi connectivity index (χ3v) is 3.40. The number of hydrogen-bond donors (Lipinski definition) is 2. The molecule has 0 spiro atoms. The van der Waals surface area contributed by atoms with Crippen LogP contribution in [0.1, 0.15) is 6.42 Å². The minimum atomic E-state index is -0.507. The summed E-state index contributed by atoms with van der Waals surface area (Å²) in [6.07, 6.45) is 3.09. The molecule has 1 atom stereocenters. The molecule has 7 heteroatoms. The predicted octanol–water partition coefficient (Wildman–Crippen LogP) is 1.54. The Hall–Kier alpha value is -2.70. The molecule has 0 radical (unpaired) electrons. The number of nitrogens with one attached hydrogen (secondary N) is 2. The number of aromatic amines is 1. The van der Waals surface area contributed by atoms with Crippen LogP contribution in [0.5, 0.6) is 0 Å². The summed E-state index contributed by atoms with van der Waals surface area (Å²) in [7, 11) is 0. The van der Waals surface area contributed by atoms with Gasteiger partial charge >= 0.3 is 0 Å². The molecule has 1 unspecified atom stereocenters. The summed E-state index contributed by atoms with van der Waals surface area (Å²) in [5.74, 6) is -1.51. The summed E-state index contributed by atoms with van der Waals surface area (Å²) >= 11 is 0. The SMILES string of the molecule is O=C(Nc1cn[nH]c1)C1CC(=O)N(c2ccccc2F)C1. The number of amides is 2. The fourth-order valence-electron chi connectivity index (χ4n) is 2.35. The van der Waals surface area contributed by atoms with Crippen LogP contribution in [0.25, 0.3) is 0 Å². The van der Waals surface area contributed by atoms with Crippen LogP contribution in [0.3, 0.4) is 0 Å². The molecule has 0 saturated carbocycles. The van der Waals surface area contributed by atoms with Gasteiger partial charge in [-0.2, -0.15) is 5.10 Å². The Labute approximate surface area is 120 Å². The maximum absolute atomic E-state index is 13.7. The second-order valence-corrected chi connectivity index (χ2v) is 4.83. The summed E-state index contributed by atoms with van der Waals surface area (Å²) in [6.45, 7) is 0.170. The van der Waals surface area contributed by atoms with Gasteiger partial charge in [0.05, 0.1) is 23.5 Å². The third-order valence-electron chi connectivity index (χ3n) is 3.40. The highest BCUT2D eigenvalue weighted by Crippen LogP contribution is 2.27. The van der Waals surface area contributed by atoms with Crippen molar-refractivity contribution < 1.29 is 14.0 Å². The van der Waals surface area contributed by atoms with Crippen molar-refractivity contribution in [2.24, 2.45) is 5.92 Å². The second kappa shape index (κ2) is 5.35. The molecular weight excluding hydrogens is 275 g/mol. The summed E-state index contributed by atoms with van der Waals surface area (Å²) in [6, 6.07) is 6.04. The van der Waals surface area contributed by atoms with Gasteiger partial charge in [0.1, 0.15) is 5.82 Å². The van der Waals surface area contributed by atoms with Gasteiger partial charge in [0.2, 0.25) is 11.8 Å². The molecule has 1 fully saturated rings. The Morgan fingerprint density at radius 1 is 1.43 bits per heavy atom. The molecule has 1 aliphatic heterocycles. The van der Waals surface area contributed by atoms with Gasteiger partial charge < -0.3 is 10.2 Å². The van der Waals surface area contributed by atoms with E-state index in [0.717, 1.165) is 0 Å². The first kappa shape index (κ1) is 13.3. The van der Waals surface area contributed by atoms with Crippen LogP contribution in [0.15, 0.2) is 36.7 Å². The van der Waals surface area contributed by atoms with Crippen molar-refractivity contribution in [3.63, 3.8) is 0 Å². The number of hydrogen-bond acceptors (Lipinski definition) is 3. The lowest BCUT2D eigenvalue weighted by Crippen LogP contribution is -2.28. The molecule has 3 rings (SSSR count). The standard InChI is InChI=1S/C14H13FN4O2/c15-11-3-1-2-4-12(11)19-8-9(5-13(19)20)14(21)18-10-6-16-17-7-10/h1-4,6-7,9H,5,8H2,(H,16,17)(H,18,21). The Morgan fingerprint density at radius 3 is 2.95 bits per heavy atom. The maximum atomic E-state index is 13.7. The molecule has 2 N–H and O–H groups in total. The highest BCUT2D eigenvalue weighted by molar-refractivity contribution is 6.03. The van der Waals surface area contributed by atoms with E-state index in [4.69, 9.17) is 0 Å². The average Bonchev–Trinajstić information content (AvgIpc) is 3.09. The van der Waals surface area contributed by atoms with E-state index in [9.17, 15) is 14.0 Å². The number of rotatable bonds is 3. The number of para-hydroxylation sites is 1. The van der Waals surface area contributed by atoms with Crippen LogP contribution < -0.4 is 10.2 Å². The van der Waals surface area contributed by atoms with Crippen molar-refractivity contribution >= 4 is 23.2 Å². The fraction of sp³-hybridized carbons (Fsp3) is 0.214.